The zero-order valence-corrected chi connectivity index (χ0v) is 19.1. The van der Waals surface area contributed by atoms with Gasteiger partial charge in [0.2, 0.25) is 0 Å². The normalized spacial score (nSPS) is 12.1. The van der Waals surface area contributed by atoms with Crippen LogP contribution in [0.2, 0.25) is 0 Å². The number of nitrogens with one attached hydrogen (secondary N) is 1. The number of benzene rings is 2. The van der Waals surface area contributed by atoms with Crippen molar-refractivity contribution in [2.75, 3.05) is 5.32 Å². The van der Waals surface area contributed by atoms with E-state index >= 15 is 0 Å². The summed E-state index contributed by atoms with van der Waals surface area (Å²) in [6, 6.07) is 19.2. The molecule has 166 valence electrons. The number of aryl methyl sites for hydroxylation is 1. The second-order valence-electron chi connectivity index (χ2n) is 8.82. The quantitative estimate of drug-likeness (QED) is 0.257. The van der Waals surface area contributed by atoms with Gasteiger partial charge in [-0.25, -0.2) is 0 Å². The van der Waals surface area contributed by atoms with Crippen LogP contribution in [0, 0.1) is 0 Å². The van der Waals surface area contributed by atoms with Gasteiger partial charge in [0, 0.05) is 11.4 Å². The summed E-state index contributed by atoms with van der Waals surface area (Å²) in [5.74, 6) is 0. The number of aliphatic hydroxyl groups is 1. The van der Waals surface area contributed by atoms with Crippen LogP contribution in [0.1, 0.15) is 96.0 Å². The van der Waals surface area contributed by atoms with Crippen molar-refractivity contribution >= 4 is 11.4 Å². The molecule has 0 aliphatic rings. The van der Waals surface area contributed by atoms with Gasteiger partial charge in [0.1, 0.15) is 0 Å². The lowest BCUT2D eigenvalue weighted by molar-refractivity contribution is 0.180. The highest BCUT2D eigenvalue weighted by Crippen LogP contribution is 2.18. The summed E-state index contributed by atoms with van der Waals surface area (Å²) in [7, 11) is 0. The van der Waals surface area contributed by atoms with Gasteiger partial charge >= 0.3 is 0 Å². The van der Waals surface area contributed by atoms with Crippen LogP contribution in [-0.4, -0.2) is 11.2 Å². The predicted octanol–water partition coefficient (Wildman–Crippen LogP) is 8.42. The van der Waals surface area contributed by atoms with E-state index in [4.69, 9.17) is 0 Å². The largest absolute Gasteiger partial charge is 0.393 e. The van der Waals surface area contributed by atoms with E-state index in [0.29, 0.717) is 0 Å². The molecule has 0 aliphatic heterocycles. The predicted molar refractivity (Wildman–Crippen MR) is 132 cm³/mol. The summed E-state index contributed by atoms with van der Waals surface area (Å²) in [5.41, 5.74) is 3.74. The van der Waals surface area contributed by atoms with Crippen LogP contribution in [-0.2, 0) is 6.42 Å². The molecule has 0 heterocycles. The van der Waals surface area contributed by atoms with Crippen molar-refractivity contribution in [1.82, 2.24) is 0 Å². The monoisotopic (exact) mass is 409 g/mol. The van der Waals surface area contributed by atoms with Crippen molar-refractivity contribution < 1.29 is 5.11 Å². The van der Waals surface area contributed by atoms with Crippen LogP contribution < -0.4 is 5.32 Å². The molecule has 0 aromatic heterocycles. The maximum absolute atomic E-state index is 9.24. The summed E-state index contributed by atoms with van der Waals surface area (Å²) in [4.78, 5) is 0. The Kier molecular flexibility index (Phi) is 13.0. The van der Waals surface area contributed by atoms with Crippen LogP contribution in [0.5, 0.6) is 0 Å². The highest BCUT2D eigenvalue weighted by molar-refractivity contribution is 5.59. The van der Waals surface area contributed by atoms with Gasteiger partial charge in [-0.2, -0.15) is 0 Å². The lowest BCUT2D eigenvalue weighted by atomic mass is 10.0. The highest BCUT2D eigenvalue weighted by Gasteiger charge is 1.98. The van der Waals surface area contributed by atoms with Gasteiger partial charge in [0.05, 0.1) is 6.10 Å². The van der Waals surface area contributed by atoms with Gasteiger partial charge in [-0.1, -0.05) is 101 Å². The highest BCUT2D eigenvalue weighted by atomic mass is 16.3. The first kappa shape index (κ1) is 24.5. The molecule has 0 amide bonds. The third-order valence-corrected chi connectivity index (χ3v) is 5.85. The molecule has 0 spiro atoms. The van der Waals surface area contributed by atoms with Crippen LogP contribution in [0.25, 0.3) is 0 Å². The molecule has 0 saturated carbocycles. The maximum Gasteiger partial charge on any atom is 0.0512 e. The lowest BCUT2D eigenvalue weighted by Gasteiger charge is -2.08. The standard InChI is InChI=1S/C28H43NO/c1-25(30)17-13-10-8-6-4-2-3-5-7-9-11-14-18-26-21-23-28(24-22-26)29-27-19-15-12-16-20-27/h12,15-16,19-25,29-30H,2-11,13-14,17-18H2,1H3. The Balaban J connectivity index is 1.39. The fourth-order valence-corrected chi connectivity index (χ4v) is 3.98. The first-order chi connectivity index (χ1) is 14.7. The van der Waals surface area contributed by atoms with Crippen molar-refractivity contribution in [3.8, 4) is 0 Å². The lowest BCUT2D eigenvalue weighted by Crippen LogP contribution is -1.98. The molecule has 1 unspecified atom stereocenters. The molecule has 0 radical (unpaired) electrons. The summed E-state index contributed by atoms with van der Waals surface area (Å²) in [5, 5.41) is 12.7. The van der Waals surface area contributed by atoms with Crippen LogP contribution in [0.15, 0.2) is 54.6 Å². The molecule has 2 aromatic rings. The molecule has 2 N–H and O–H groups in total. The molecule has 0 saturated heterocycles. The molecule has 0 aliphatic carbocycles. The molecule has 0 fully saturated rings. The third kappa shape index (κ3) is 12.0. The number of hydrogen-bond acceptors (Lipinski definition) is 2. The van der Waals surface area contributed by atoms with Gasteiger partial charge in [-0.05, 0) is 56.0 Å². The van der Waals surface area contributed by atoms with Crippen molar-refractivity contribution in [1.29, 1.82) is 0 Å². The zero-order chi connectivity index (χ0) is 21.3. The Morgan fingerprint density at radius 3 is 1.60 bits per heavy atom. The average Bonchev–Trinajstić information content (AvgIpc) is 2.75. The van der Waals surface area contributed by atoms with Gasteiger partial charge in [0.15, 0.2) is 0 Å². The first-order valence-electron chi connectivity index (χ1n) is 12.3. The van der Waals surface area contributed by atoms with Crippen LogP contribution >= 0.6 is 0 Å². The first-order valence-corrected chi connectivity index (χ1v) is 12.3. The number of aliphatic hydroxyl groups excluding tert-OH is 1. The van der Waals surface area contributed by atoms with E-state index in [2.05, 4.69) is 53.8 Å². The number of anilines is 2. The second kappa shape index (κ2) is 16.0. The molecule has 30 heavy (non-hydrogen) atoms. The van der Waals surface area contributed by atoms with Gasteiger partial charge in [-0.3, -0.25) is 0 Å². The number of rotatable bonds is 17. The van der Waals surface area contributed by atoms with Gasteiger partial charge in [0.25, 0.3) is 0 Å². The molecule has 2 rings (SSSR count). The summed E-state index contributed by atoms with van der Waals surface area (Å²) >= 11 is 0. The smallest absolute Gasteiger partial charge is 0.0512 e. The van der Waals surface area contributed by atoms with Crippen molar-refractivity contribution in [2.45, 2.75) is 103 Å². The maximum atomic E-state index is 9.24. The van der Waals surface area contributed by atoms with E-state index in [0.717, 1.165) is 17.8 Å². The summed E-state index contributed by atoms with van der Waals surface area (Å²) < 4.78 is 0. The Hall–Kier alpha value is -1.80. The van der Waals surface area contributed by atoms with Crippen molar-refractivity contribution in [3.63, 3.8) is 0 Å². The van der Waals surface area contributed by atoms with Crippen molar-refractivity contribution in [3.05, 3.63) is 60.2 Å². The topological polar surface area (TPSA) is 32.3 Å². The Labute approximate surface area is 185 Å². The van der Waals surface area contributed by atoms with Gasteiger partial charge in [-0.15, -0.1) is 0 Å². The van der Waals surface area contributed by atoms with E-state index < -0.39 is 0 Å². The van der Waals surface area contributed by atoms with E-state index in [1.54, 1.807) is 0 Å². The molecule has 2 aromatic carbocycles. The summed E-state index contributed by atoms with van der Waals surface area (Å²) in [6.45, 7) is 1.89. The minimum absolute atomic E-state index is 0.118. The Morgan fingerprint density at radius 2 is 1.07 bits per heavy atom. The third-order valence-electron chi connectivity index (χ3n) is 5.85. The number of hydrogen-bond donors (Lipinski definition) is 2. The number of para-hydroxylation sites is 1. The fourth-order valence-electron chi connectivity index (χ4n) is 3.98. The van der Waals surface area contributed by atoms with E-state index in [9.17, 15) is 5.11 Å². The molecular formula is C28H43NO. The second-order valence-corrected chi connectivity index (χ2v) is 8.82. The molecular weight excluding hydrogens is 366 g/mol. The average molecular weight is 410 g/mol. The fraction of sp³-hybridized carbons (Fsp3) is 0.571. The Morgan fingerprint density at radius 1 is 0.600 bits per heavy atom. The Bertz CT molecular complexity index is 635. The van der Waals surface area contributed by atoms with Gasteiger partial charge < -0.3 is 10.4 Å². The van der Waals surface area contributed by atoms with E-state index in [-0.39, 0.29) is 6.10 Å². The molecule has 0 bridgehead atoms. The van der Waals surface area contributed by atoms with Crippen LogP contribution in [0.3, 0.4) is 0 Å². The molecule has 1 atom stereocenters. The SMILES string of the molecule is CC(O)CCCCCCCCCCCCCCc1ccc(Nc2ccccc2)cc1. The molecule has 2 nitrogen and oxygen atoms in total. The molecule has 2 heteroatoms. The van der Waals surface area contributed by atoms with Crippen molar-refractivity contribution in [2.24, 2.45) is 0 Å². The van der Waals surface area contributed by atoms with Crippen LogP contribution in [0.4, 0.5) is 11.4 Å². The minimum atomic E-state index is -0.118. The van der Waals surface area contributed by atoms with E-state index in [1.807, 2.05) is 13.0 Å². The number of unbranched alkanes of at least 4 members (excludes halogenated alkanes) is 11. The minimum Gasteiger partial charge on any atom is -0.393 e. The summed E-state index contributed by atoms with van der Waals surface area (Å²) in [6.07, 6.45) is 18.3. The zero-order valence-electron chi connectivity index (χ0n) is 19.1. The van der Waals surface area contributed by atoms with E-state index in [1.165, 1.54) is 89.0 Å².